The molecule has 0 aliphatic carbocycles. The fourth-order valence-electron chi connectivity index (χ4n) is 1.79. The van der Waals surface area contributed by atoms with Gasteiger partial charge >= 0.3 is 0 Å². The van der Waals surface area contributed by atoms with Gasteiger partial charge in [-0.3, -0.25) is 0 Å². The van der Waals surface area contributed by atoms with Crippen molar-refractivity contribution in [2.45, 2.75) is 39.7 Å². The van der Waals surface area contributed by atoms with Crippen LogP contribution in [0.15, 0.2) is 18.3 Å². The van der Waals surface area contributed by atoms with Crippen molar-refractivity contribution < 1.29 is 0 Å². The van der Waals surface area contributed by atoms with E-state index >= 15 is 0 Å². The van der Waals surface area contributed by atoms with Gasteiger partial charge in [-0.25, -0.2) is 9.67 Å². The second-order valence-corrected chi connectivity index (χ2v) is 4.55. The van der Waals surface area contributed by atoms with Gasteiger partial charge in [-0.05, 0) is 24.5 Å². The van der Waals surface area contributed by atoms with E-state index in [2.05, 4.69) is 29.1 Å². The number of pyridine rings is 1. The number of hydrogen-bond donors (Lipinski definition) is 0. The molecule has 86 valence electrons. The molecule has 2 heterocycles. The fraction of sp³-hybridized carbons (Fsp3) is 0.583. The van der Waals surface area contributed by atoms with E-state index in [0.717, 1.165) is 30.0 Å². The molecule has 0 saturated carbocycles. The number of fused-ring (bicyclic) bond motifs is 1. The van der Waals surface area contributed by atoms with E-state index in [0.29, 0.717) is 0 Å². The minimum absolute atomic E-state index is 0.742. The molecule has 0 aliphatic rings. The summed E-state index contributed by atoms with van der Waals surface area (Å²) >= 11 is 0. The van der Waals surface area contributed by atoms with Crippen molar-refractivity contribution in [3.63, 3.8) is 0 Å². The lowest BCUT2D eigenvalue weighted by molar-refractivity contribution is 0.491. The van der Waals surface area contributed by atoms with Gasteiger partial charge in [0.05, 0.1) is 0 Å². The van der Waals surface area contributed by atoms with Crippen molar-refractivity contribution in [2.24, 2.45) is 5.92 Å². The van der Waals surface area contributed by atoms with Crippen molar-refractivity contribution in [1.29, 1.82) is 0 Å². The van der Waals surface area contributed by atoms with Gasteiger partial charge in [-0.2, -0.15) is 0 Å². The molecular formula is C12H18N4. The fourth-order valence-corrected chi connectivity index (χ4v) is 1.79. The van der Waals surface area contributed by atoms with Crippen LogP contribution < -0.4 is 0 Å². The van der Waals surface area contributed by atoms with Crippen molar-refractivity contribution in [3.8, 4) is 0 Å². The van der Waals surface area contributed by atoms with Crippen molar-refractivity contribution in [3.05, 3.63) is 18.3 Å². The number of nitrogens with zero attached hydrogens (tertiary/aromatic N) is 4. The van der Waals surface area contributed by atoms with Crippen molar-refractivity contribution in [1.82, 2.24) is 20.0 Å². The lowest BCUT2D eigenvalue weighted by Gasteiger charge is -2.04. The molecular weight excluding hydrogens is 200 g/mol. The van der Waals surface area contributed by atoms with Gasteiger partial charge in [0.25, 0.3) is 0 Å². The minimum Gasteiger partial charge on any atom is -0.243 e. The Kier molecular flexibility index (Phi) is 3.49. The molecule has 4 nitrogen and oxygen atoms in total. The second kappa shape index (κ2) is 5.05. The lowest BCUT2D eigenvalue weighted by atomic mass is 10.1. The molecule has 0 atom stereocenters. The van der Waals surface area contributed by atoms with Crippen LogP contribution in [-0.4, -0.2) is 20.0 Å². The Balaban J connectivity index is 1.94. The van der Waals surface area contributed by atoms with Gasteiger partial charge in [-0.1, -0.05) is 31.9 Å². The van der Waals surface area contributed by atoms with Gasteiger partial charge in [0, 0.05) is 12.7 Å². The number of aromatic nitrogens is 4. The highest BCUT2D eigenvalue weighted by Gasteiger charge is 2.03. The number of rotatable bonds is 5. The van der Waals surface area contributed by atoms with Crippen LogP contribution in [0.2, 0.25) is 0 Å². The Morgan fingerprint density at radius 1 is 1.31 bits per heavy atom. The normalized spacial score (nSPS) is 11.4. The number of unbranched alkanes of at least 4 members (excludes halogenated alkanes) is 1. The Morgan fingerprint density at radius 2 is 2.19 bits per heavy atom. The average molecular weight is 218 g/mol. The van der Waals surface area contributed by atoms with Gasteiger partial charge in [0.15, 0.2) is 0 Å². The van der Waals surface area contributed by atoms with Crippen LogP contribution in [0, 0.1) is 5.92 Å². The van der Waals surface area contributed by atoms with E-state index in [-0.39, 0.29) is 0 Å². The molecule has 0 aromatic carbocycles. The summed E-state index contributed by atoms with van der Waals surface area (Å²) in [6.45, 7) is 5.46. The molecule has 0 N–H and O–H groups in total. The number of aryl methyl sites for hydroxylation is 1. The van der Waals surface area contributed by atoms with Gasteiger partial charge in [0.1, 0.15) is 5.52 Å². The van der Waals surface area contributed by atoms with Gasteiger partial charge in [-0.15, -0.1) is 5.10 Å². The first kappa shape index (κ1) is 11.0. The summed E-state index contributed by atoms with van der Waals surface area (Å²) in [6, 6.07) is 3.95. The summed E-state index contributed by atoms with van der Waals surface area (Å²) in [5.74, 6) is 0.786. The maximum absolute atomic E-state index is 4.16. The van der Waals surface area contributed by atoms with E-state index < -0.39 is 0 Å². The molecule has 2 aromatic rings. The molecule has 0 fully saturated rings. The summed E-state index contributed by atoms with van der Waals surface area (Å²) in [5.41, 5.74) is 1.78. The third kappa shape index (κ3) is 2.56. The largest absolute Gasteiger partial charge is 0.243 e. The second-order valence-electron chi connectivity index (χ2n) is 4.55. The quantitative estimate of drug-likeness (QED) is 0.725. The molecule has 0 saturated heterocycles. The predicted octanol–water partition coefficient (Wildman–Crippen LogP) is 2.65. The van der Waals surface area contributed by atoms with E-state index in [1.54, 1.807) is 6.20 Å². The van der Waals surface area contributed by atoms with E-state index in [1.165, 1.54) is 12.8 Å². The zero-order valence-electron chi connectivity index (χ0n) is 9.93. The van der Waals surface area contributed by atoms with Crippen LogP contribution in [-0.2, 0) is 6.54 Å². The molecule has 0 amide bonds. The standard InChI is InChI=1S/C12H18N4/c1-10(2)6-3-4-9-16-11-7-5-8-13-12(11)14-15-16/h5,7-8,10H,3-4,6,9H2,1-2H3. The molecule has 16 heavy (non-hydrogen) atoms. The van der Waals surface area contributed by atoms with E-state index in [1.807, 2.05) is 16.8 Å². The highest BCUT2D eigenvalue weighted by molar-refractivity contribution is 5.68. The van der Waals surface area contributed by atoms with Crippen molar-refractivity contribution >= 4 is 11.2 Å². The third-order valence-electron chi connectivity index (χ3n) is 2.69. The Labute approximate surface area is 95.7 Å². The third-order valence-corrected chi connectivity index (χ3v) is 2.69. The molecule has 0 radical (unpaired) electrons. The maximum Gasteiger partial charge on any atom is 0.201 e. The molecule has 0 bridgehead atoms. The van der Waals surface area contributed by atoms with E-state index in [9.17, 15) is 0 Å². The van der Waals surface area contributed by atoms with Gasteiger partial charge in [0.2, 0.25) is 5.65 Å². The zero-order valence-corrected chi connectivity index (χ0v) is 9.93. The number of hydrogen-bond acceptors (Lipinski definition) is 3. The topological polar surface area (TPSA) is 43.6 Å². The first-order valence-corrected chi connectivity index (χ1v) is 5.91. The first-order valence-electron chi connectivity index (χ1n) is 5.91. The SMILES string of the molecule is CC(C)CCCCn1nnc2ncccc21. The van der Waals surface area contributed by atoms with Crippen LogP contribution in [0.3, 0.4) is 0 Å². The summed E-state index contributed by atoms with van der Waals surface area (Å²) < 4.78 is 1.95. The Morgan fingerprint density at radius 3 is 3.00 bits per heavy atom. The molecule has 4 heteroatoms. The minimum atomic E-state index is 0.742. The summed E-state index contributed by atoms with van der Waals surface area (Å²) in [6.07, 6.45) is 5.44. The molecule has 0 unspecified atom stereocenters. The molecule has 0 aliphatic heterocycles. The summed E-state index contributed by atoms with van der Waals surface area (Å²) in [5, 5.41) is 8.15. The van der Waals surface area contributed by atoms with E-state index in [4.69, 9.17) is 0 Å². The summed E-state index contributed by atoms with van der Waals surface area (Å²) in [7, 11) is 0. The smallest absolute Gasteiger partial charge is 0.201 e. The average Bonchev–Trinajstić information content (AvgIpc) is 2.68. The van der Waals surface area contributed by atoms with Gasteiger partial charge < -0.3 is 0 Å². The van der Waals surface area contributed by atoms with Crippen LogP contribution in [0.1, 0.15) is 33.1 Å². The monoisotopic (exact) mass is 218 g/mol. The highest BCUT2D eigenvalue weighted by atomic mass is 15.4. The Bertz CT molecular complexity index is 447. The molecule has 2 rings (SSSR count). The zero-order chi connectivity index (χ0) is 11.4. The van der Waals surface area contributed by atoms with Crippen molar-refractivity contribution in [2.75, 3.05) is 0 Å². The van der Waals surface area contributed by atoms with Crippen LogP contribution in [0.4, 0.5) is 0 Å². The van der Waals surface area contributed by atoms with Crippen LogP contribution in [0.5, 0.6) is 0 Å². The first-order chi connectivity index (χ1) is 7.77. The lowest BCUT2D eigenvalue weighted by Crippen LogP contribution is -2.01. The molecule has 2 aromatic heterocycles. The highest BCUT2D eigenvalue weighted by Crippen LogP contribution is 2.10. The maximum atomic E-state index is 4.16. The Hall–Kier alpha value is -1.45. The van der Waals surface area contributed by atoms with Crippen LogP contribution >= 0.6 is 0 Å². The molecule has 0 spiro atoms. The summed E-state index contributed by atoms with van der Waals surface area (Å²) in [4.78, 5) is 4.16. The van der Waals surface area contributed by atoms with Crippen LogP contribution in [0.25, 0.3) is 11.2 Å². The predicted molar refractivity (Wildman–Crippen MR) is 64.0 cm³/mol.